The van der Waals surface area contributed by atoms with E-state index in [1.54, 1.807) is 12.1 Å². The molecular formula is C20H18O9. The number of phenols is 1. The molecule has 0 aromatic heterocycles. The Morgan fingerprint density at radius 3 is 2.17 bits per heavy atom. The fraction of sp³-hybridized carbons (Fsp3) is 0.300. The number of rotatable bonds is 3. The van der Waals surface area contributed by atoms with Gasteiger partial charge in [0.1, 0.15) is 31.0 Å². The van der Waals surface area contributed by atoms with Crippen molar-refractivity contribution >= 4 is 11.6 Å². The van der Waals surface area contributed by atoms with Crippen LogP contribution in [0.5, 0.6) is 11.5 Å². The molecule has 9 heteroatoms. The lowest BCUT2D eigenvalue weighted by molar-refractivity contribution is -0.285. The Kier molecular flexibility index (Phi) is 4.85. The third-order valence-electron chi connectivity index (χ3n) is 5.12. The quantitative estimate of drug-likeness (QED) is 0.384. The highest BCUT2D eigenvalue weighted by atomic mass is 16.6. The minimum absolute atomic E-state index is 0.0430. The van der Waals surface area contributed by atoms with E-state index in [1.807, 2.05) is 0 Å². The fourth-order valence-electron chi connectivity index (χ4n) is 3.51. The van der Waals surface area contributed by atoms with Crippen molar-refractivity contribution in [3.05, 3.63) is 58.7 Å². The molecule has 2 aliphatic rings. The van der Waals surface area contributed by atoms with E-state index in [0.29, 0.717) is 0 Å². The van der Waals surface area contributed by atoms with Gasteiger partial charge in [0.15, 0.2) is 29.4 Å². The van der Waals surface area contributed by atoms with Crippen molar-refractivity contribution in [1.82, 2.24) is 0 Å². The molecule has 1 aliphatic carbocycles. The first-order valence-corrected chi connectivity index (χ1v) is 8.86. The van der Waals surface area contributed by atoms with Gasteiger partial charge in [-0.25, -0.2) is 0 Å². The SMILES string of the molecule is O=C1c2ccccc2C(=O)c2c1ccc(OCC1O[C@@H](O)C(O)C(O)[C@@H]1O)c2O. The Balaban J connectivity index is 1.60. The lowest BCUT2D eigenvalue weighted by Crippen LogP contribution is -2.58. The van der Waals surface area contributed by atoms with Crippen LogP contribution in [0.1, 0.15) is 31.8 Å². The van der Waals surface area contributed by atoms with Gasteiger partial charge in [0.25, 0.3) is 0 Å². The van der Waals surface area contributed by atoms with Crippen molar-refractivity contribution in [2.24, 2.45) is 0 Å². The lowest BCUT2D eigenvalue weighted by atomic mass is 9.83. The number of fused-ring (bicyclic) bond motifs is 2. The van der Waals surface area contributed by atoms with Crippen LogP contribution in [-0.4, -0.2) is 74.4 Å². The van der Waals surface area contributed by atoms with Gasteiger partial charge in [0, 0.05) is 16.7 Å². The Morgan fingerprint density at radius 1 is 0.828 bits per heavy atom. The zero-order valence-corrected chi connectivity index (χ0v) is 14.9. The van der Waals surface area contributed by atoms with Gasteiger partial charge in [-0.2, -0.15) is 0 Å². The molecule has 2 aromatic carbocycles. The van der Waals surface area contributed by atoms with Crippen LogP contribution in [0.3, 0.4) is 0 Å². The highest BCUT2D eigenvalue weighted by Gasteiger charge is 2.43. The summed E-state index contributed by atoms with van der Waals surface area (Å²) in [7, 11) is 0. The average molecular weight is 402 g/mol. The van der Waals surface area contributed by atoms with E-state index in [2.05, 4.69) is 0 Å². The molecular weight excluding hydrogens is 384 g/mol. The second kappa shape index (κ2) is 7.21. The molecule has 4 rings (SSSR count). The number of hydrogen-bond acceptors (Lipinski definition) is 9. The molecule has 29 heavy (non-hydrogen) atoms. The third-order valence-corrected chi connectivity index (χ3v) is 5.12. The van der Waals surface area contributed by atoms with Crippen LogP contribution >= 0.6 is 0 Å². The summed E-state index contributed by atoms with van der Waals surface area (Å²) in [6.45, 7) is -0.410. The summed E-state index contributed by atoms with van der Waals surface area (Å²) < 4.78 is 10.4. The lowest BCUT2D eigenvalue weighted by Gasteiger charge is -2.38. The average Bonchev–Trinajstić information content (AvgIpc) is 2.72. The number of aliphatic hydroxyl groups excluding tert-OH is 4. The summed E-state index contributed by atoms with van der Waals surface area (Å²) in [6, 6.07) is 8.93. The monoisotopic (exact) mass is 402 g/mol. The van der Waals surface area contributed by atoms with E-state index in [9.17, 15) is 35.1 Å². The Labute approximate surface area is 164 Å². The van der Waals surface area contributed by atoms with E-state index in [4.69, 9.17) is 9.47 Å². The van der Waals surface area contributed by atoms with Gasteiger partial charge >= 0.3 is 0 Å². The molecule has 5 atom stereocenters. The van der Waals surface area contributed by atoms with Gasteiger partial charge in [-0.1, -0.05) is 24.3 Å². The third kappa shape index (κ3) is 3.09. The number of carbonyl (C=O) groups is 2. The minimum atomic E-state index is -1.73. The first kappa shape index (κ1) is 19.5. The summed E-state index contributed by atoms with van der Waals surface area (Å²) >= 11 is 0. The molecule has 9 nitrogen and oxygen atoms in total. The predicted molar refractivity (Wildman–Crippen MR) is 95.8 cm³/mol. The van der Waals surface area contributed by atoms with Gasteiger partial charge in [-0.3, -0.25) is 9.59 Å². The second-order valence-electron chi connectivity index (χ2n) is 6.89. The van der Waals surface area contributed by atoms with Gasteiger partial charge in [0.05, 0.1) is 5.56 Å². The summed E-state index contributed by atoms with van der Waals surface area (Å²) in [4.78, 5) is 25.4. The van der Waals surface area contributed by atoms with E-state index in [1.165, 1.54) is 24.3 Å². The minimum Gasteiger partial charge on any atom is -0.504 e. The molecule has 152 valence electrons. The van der Waals surface area contributed by atoms with Gasteiger partial charge in [-0.15, -0.1) is 0 Å². The maximum Gasteiger partial charge on any atom is 0.198 e. The molecule has 0 radical (unpaired) electrons. The van der Waals surface area contributed by atoms with Crippen LogP contribution in [-0.2, 0) is 4.74 Å². The summed E-state index contributed by atoms with van der Waals surface area (Å²) in [5.74, 6) is -1.61. The molecule has 2 aromatic rings. The Hall–Kier alpha value is -2.82. The molecule has 1 fully saturated rings. The standard InChI is InChI=1S/C20H18O9/c21-14-8-3-1-2-4-9(8)15(22)13-10(14)5-6-11(16(13)23)28-7-12-17(24)18(25)19(26)20(27)29-12/h1-6,12,17-20,23-27H,7H2/t12?,17-,18?,19?,20-/m1/s1. The summed E-state index contributed by atoms with van der Waals surface area (Å²) in [5.41, 5.74) is 0.273. The zero-order valence-electron chi connectivity index (χ0n) is 14.9. The maximum absolute atomic E-state index is 12.8. The highest BCUT2D eigenvalue weighted by molar-refractivity contribution is 6.29. The highest BCUT2D eigenvalue weighted by Crippen LogP contribution is 2.38. The topological polar surface area (TPSA) is 154 Å². The van der Waals surface area contributed by atoms with Crippen molar-refractivity contribution in [3.8, 4) is 11.5 Å². The number of phenolic OH excluding ortho intramolecular Hbond substituents is 1. The van der Waals surface area contributed by atoms with Crippen LogP contribution in [0.4, 0.5) is 0 Å². The summed E-state index contributed by atoms with van der Waals surface area (Å²) in [5, 5.41) is 49.3. The molecule has 1 aliphatic heterocycles. The molecule has 5 N–H and O–H groups in total. The molecule has 0 spiro atoms. The van der Waals surface area contributed by atoms with Crippen LogP contribution in [0, 0.1) is 0 Å². The number of benzene rings is 2. The maximum atomic E-state index is 12.8. The molecule has 1 heterocycles. The molecule has 0 saturated carbocycles. The van der Waals surface area contributed by atoms with Crippen LogP contribution in [0.15, 0.2) is 36.4 Å². The van der Waals surface area contributed by atoms with E-state index >= 15 is 0 Å². The first-order valence-electron chi connectivity index (χ1n) is 8.86. The molecule has 1 saturated heterocycles. The van der Waals surface area contributed by atoms with E-state index in [0.717, 1.165) is 0 Å². The number of aliphatic hydroxyl groups is 4. The number of ether oxygens (including phenoxy) is 2. The molecule has 0 amide bonds. The molecule has 0 bridgehead atoms. The smallest absolute Gasteiger partial charge is 0.198 e. The number of ketones is 2. The molecule has 3 unspecified atom stereocenters. The van der Waals surface area contributed by atoms with Crippen molar-refractivity contribution in [2.45, 2.75) is 30.7 Å². The zero-order chi connectivity index (χ0) is 20.9. The summed E-state index contributed by atoms with van der Waals surface area (Å²) in [6.07, 6.45) is -7.82. The van der Waals surface area contributed by atoms with Gasteiger partial charge in [-0.05, 0) is 12.1 Å². The normalized spacial score (nSPS) is 28.6. The van der Waals surface area contributed by atoms with Crippen LogP contribution in [0.2, 0.25) is 0 Å². The van der Waals surface area contributed by atoms with Gasteiger partial charge in [0.2, 0.25) is 0 Å². The number of aromatic hydroxyl groups is 1. The number of carbonyl (C=O) groups excluding carboxylic acids is 2. The Morgan fingerprint density at radius 2 is 1.48 bits per heavy atom. The van der Waals surface area contributed by atoms with Crippen molar-refractivity contribution < 1.29 is 44.6 Å². The van der Waals surface area contributed by atoms with Crippen molar-refractivity contribution in [2.75, 3.05) is 6.61 Å². The largest absolute Gasteiger partial charge is 0.504 e. The van der Waals surface area contributed by atoms with Crippen LogP contribution in [0.25, 0.3) is 0 Å². The first-order chi connectivity index (χ1) is 13.8. The van der Waals surface area contributed by atoms with E-state index < -0.39 is 54.6 Å². The fourth-order valence-corrected chi connectivity index (χ4v) is 3.51. The van der Waals surface area contributed by atoms with Crippen molar-refractivity contribution in [3.63, 3.8) is 0 Å². The Bertz CT molecular complexity index is 986. The van der Waals surface area contributed by atoms with E-state index in [-0.39, 0.29) is 28.0 Å². The van der Waals surface area contributed by atoms with Gasteiger partial charge < -0.3 is 35.0 Å². The predicted octanol–water partition coefficient (Wildman–Crippen LogP) is -0.654. The number of hydrogen-bond donors (Lipinski definition) is 5. The second-order valence-corrected chi connectivity index (χ2v) is 6.89. The van der Waals surface area contributed by atoms with Crippen molar-refractivity contribution in [1.29, 1.82) is 0 Å². The van der Waals surface area contributed by atoms with Crippen LogP contribution < -0.4 is 4.74 Å².